The molecule has 0 fully saturated rings. The number of hydrogen-bond donors (Lipinski definition) is 2. The Morgan fingerprint density at radius 2 is 1.93 bits per heavy atom. The average molecular weight is 210 g/mol. The molecule has 1 aromatic carbocycles. The molecule has 0 radical (unpaired) electrons. The van der Waals surface area contributed by atoms with Crippen LogP contribution in [0.4, 0.5) is 0 Å². The molecule has 1 unspecified atom stereocenters. The molecule has 0 spiro atoms. The fourth-order valence-electron chi connectivity index (χ4n) is 1.30. The lowest BCUT2D eigenvalue weighted by atomic mass is 10.1. The molecular formula is C12H18O3. The van der Waals surface area contributed by atoms with Gasteiger partial charge in [-0.15, -0.1) is 0 Å². The molecule has 0 saturated heterocycles. The van der Waals surface area contributed by atoms with Gasteiger partial charge in [0.2, 0.25) is 0 Å². The van der Waals surface area contributed by atoms with Crippen LogP contribution in [0.3, 0.4) is 0 Å². The zero-order chi connectivity index (χ0) is 11.1. The van der Waals surface area contributed by atoms with Crippen LogP contribution in [-0.2, 0) is 0 Å². The van der Waals surface area contributed by atoms with Crippen molar-refractivity contribution in [1.82, 2.24) is 0 Å². The van der Waals surface area contributed by atoms with E-state index in [1.807, 2.05) is 24.3 Å². The molecule has 0 aliphatic carbocycles. The highest BCUT2D eigenvalue weighted by Gasteiger charge is 2.06. The van der Waals surface area contributed by atoms with Crippen molar-refractivity contribution in [3.63, 3.8) is 0 Å². The summed E-state index contributed by atoms with van der Waals surface area (Å²) >= 11 is 0. The van der Waals surface area contributed by atoms with Crippen molar-refractivity contribution in [3.05, 3.63) is 29.8 Å². The Balaban J connectivity index is 2.55. The van der Waals surface area contributed by atoms with Gasteiger partial charge in [-0.25, -0.2) is 0 Å². The van der Waals surface area contributed by atoms with Crippen molar-refractivity contribution >= 4 is 0 Å². The second-order valence-electron chi connectivity index (χ2n) is 3.45. The third kappa shape index (κ3) is 3.90. The third-order valence-corrected chi connectivity index (χ3v) is 2.14. The number of ether oxygens (including phenoxy) is 1. The monoisotopic (exact) mass is 210 g/mol. The molecule has 2 N–H and O–H groups in total. The Morgan fingerprint density at radius 1 is 1.27 bits per heavy atom. The second kappa shape index (κ2) is 6.43. The second-order valence-corrected chi connectivity index (χ2v) is 3.45. The first-order chi connectivity index (χ1) is 7.27. The van der Waals surface area contributed by atoms with E-state index in [1.165, 1.54) is 0 Å². The maximum Gasteiger partial charge on any atom is 0.119 e. The molecule has 84 valence electrons. The fraction of sp³-hybridized carbons (Fsp3) is 0.500. The summed E-state index contributed by atoms with van der Waals surface area (Å²) in [5, 5.41) is 18.3. The summed E-state index contributed by atoms with van der Waals surface area (Å²) in [5.74, 6) is 0.816. The summed E-state index contributed by atoms with van der Waals surface area (Å²) in [7, 11) is 0. The highest BCUT2D eigenvalue weighted by molar-refractivity contribution is 5.28. The van der Waals surface area contributed by atoms with Gasteiger partial charge in [0.25, 0.3) is 0 Å². The summed E-state index contributed by atoms with van der Waals surface area (Å²) < 4.78 is 5.42. The zero-order valence-electron chi connectivity index (χ0n) is 9.02. The standard InChI is InChI=1S/C12H18O3/c1-2-9-15-11-5-3-10(4-6-11)12(14)7-8-13/h3-6,12-14H,2,7-9H2,1H3. The number of benzene rings is 1. The SMILES string of the molecule is CCCOc1ccc(C(O)CCO)cc1. The Kier molecular flexibility index (Phi) is 5.15. The number of aliphatic hydroxyl groups is 2. The van der Waals surface area contributed by atoms with E-state index in [1.54, 1.807) is 0 Å². The van der Waals surface area contributed by atoms with Crippen molar-refractivity contribution in [3.8, 4) is 5.75 Å². The van der Waals surface area contributed by atoms with E-state index < -0.39 is 6.10 Å². The van der Waals surface area contributed by atoms with Gasteiger partial charge in [0, 0.05) is 13.0 Å². The molecule has 0 aromatic heterocycles. The molecule has 0 saturated carbocycles. The number of hydrogen-bond acceptors (Lipinski definition) is 3. The van der Waals surface area contributed by atoms with Crippen LogP contribution in [0, 0.1) is 0 Å². The zero-order valence-corrected chi connectivity index (χ0v) is 9.02. The molecule has 1 rings (SSSR count). The first kappa shape index (κ1) is 12.0. The van der Waals surface area contributed by atoms with Crippen LogP contribution in [0.5, 0.6) is 5.75 Å². The van der Waals surface area contributed by atoms with Crippen molar-refractivity contribution in [2.24, 2.45) is 0 Å². The lowest BCUT2D eigenvalue weighted by molar-refractivity contribution is 0.134. The molecule has 3 heteroatoms. The molecule has 0 aliphatic heterocycles. The summed E-state index contributed by atoms with van der Waals surface area (Å²) in [4.78, 5) is 0. The van der Waals surface area contributed by atoms with Crippen molar-refractivity contribution in [2.75, 3.05) is 13.2 Å². The molecule has 0 aliphatic rings. The Morgan fingerprint density at radius 3 is 2.47 bits per heavy atom. The summed E-state index contributed by atoms with van der Waals surface area (Å²) in [6, 6.07) is 7.33. The molecule has 1 aromatic rings. The Bertz CT molecular complexity index is 269. The lowest BCUT2D eigenvalue weighted by Crippen LogP contribution is -2.00. The number of aliphatic hydroxyl groups excluding tert-OH is 2. The topological polar surface area (TPSA) is 49.7 Å². The van der Waals surface area contributed by atoms with Crippen molar-refractivity contribution < 1.29 is 14.9 Å². The lowest BCUT2D eigenvalue weighted by Gasteiger charge is -2.10. The smallest absolute Gasteiger partial charge is 0.119 e. The van der Waals surface area contributed by atoms with Gasteiger partial charge in [-0.2, -0.15) is 0 Å². The van der Waals surface area contributed by atoms with Gasteiger partial charge in [0.15, 0.2) is 0 Å². The van der Waals surface area contributed by atoms with Crippen LogP contribution in [0.2, 0.25) is 0 Å². The minimum Gasteiger partial charge on any atom is -0.494 e. The van der Waals surface area contributed by atoms with Gasteiger partial charge < -0.3 is 14.9 Å². The normalized spacial score (nSPS) is 12.5. The van der Waals surface area contributed by atoms with Gasteiger partial charge >= 0.3 is 0 Å². The summed E-state index contributed by atoms with van der Waals surface area (Å²) in [5.41, 5.74) is 0.813. The van der Waals surface area contributed by atoms with Crippen molar-refractivity contribution in [2.45, 2.75) is 25.9 Å². The Labute approximate surface area is 90.3 Å². The largest absolute Gasteiger partial charge is 0.494 e. The first-order valence-electron chi connectivity index (χ1n) is 5.29. The predicted octanol–water partition coefficient (Wildman–Crippen LogP) is 1.89. The van der Waals surface area contributed by atoms with E-state index in [4.69, 9.17) is 9.84 Å². The quantitative estimate of drug-likeness (QED) is 0.753. The minimum atomic E-state index is -0.588. The van der Waals surface area contributed by atoms with E-state index in [0.29, 0.717) is 13.0 Å². The Hall–Kier alpha value is -1.06. The molecular weight excluding hydrogens is 192 g/mol. The fourth-order valence-corrected chi connectivity index (χ4v) is 1.30. The number of rotatable bonds is 6. The van der Waals surface area contributed by atoms with E-state index in [9.17, 15) is 5.11 Å². The molecule has 0 heterocycles. The molecule has 0 amide bonds. The van der Waals surface area contributed by atoms with Gasteiger partial charge in [0.1, 0.15) is 5.75 Å². The predicted molar refractivity (Wildman–Crippen MR) is 58.9 cm³/mol. The molecule has 0 bridgehead atoms. The van der Waals surface area contributed by atoms with Crippen LogP contribution in [0.15, 0.2) is 24.3 Å². The summed E-state index contributed by atoms with van der Waals surface area (Å²) in [6.07, 6.45) is 0.763. The van der Waals surface area contributed by atoms with E-state index >= 15 is 0 Å². The van der Waals surface area contributed by atoms with Crippen molar-refractivity contribution in [1.29, 1.82) is 0 Å². The average Bonchev–Trinajstić information content (AvgIpc) is 2.27. The highest BCUT2D eigenvalue weighted by atomic mass is 16.5. The van der Waals surface area contributed by atoms with Gasteiger partial charge in [-0.05, 0) is 24.1 Å². The third-order valence-electron chi connectivity index (χ3n) is 2.14. The molecule has 1 atom stereocenters. The minimum absolute atomic E-state index is 0.00471. The first-order valence-corrected chi connectivity index (χ1v) is 5.29. The van der Waals surface area contributed by atoms with E-state index in [0.717, 1.165) is 17.7 Å². The highest BCUT2D eigenvalue weighted by Crippen LogP contribution is 2.19. The van der Waals surface area contributed by atoms with E-state index in [-0.39, 0.29) is 6.61 Å². The maximum absolute atomic E-state index is 9.59. The summed E-state index contributed by atoms with van der Waals surface area (Å²) in [6.45, 7) is 2.76. The van der Waals surface area contributed by atoms with Gasteiger partial charge in [-0.3, -0.25) is 0 Å². The molecule has 3 nitrogen and oxygen atoms in total. The van der Waals surface area contributed by atoms with E-state index in [2.05, 4.69) is 6.92 Å². The van der Waals surface area contributed by atoms with Gasteiger partial charge in [0.05, 0.1) is 12.7 Å². The van der Waals surface area contributed by atoms with Crippen LogP contribution in [0.25, 0.3) is 0 Å². The van der Waals surface area contributed by atoms with Gasteiger partial charge in [-0.1, -0.05) is 19.1 Å². The van der Waals surface area contributed by atoms with Crippen LogP contribution < -0.4 is 4.74 Å². The van der Waals surface area contributed by atoms with Crippen LogP contribution >= 0.6 is 0 Å². The van der Waals surface area contributed by atoms with Crippen LogP contribution in [0.1, 0.15) is 31.4 Å². The molecule has 15 heavy (non-hydrogen) atoms. The van der Waals surface area contributed by atoms with Crippen LogP contribution in [-0.4, -0.2) is 23.4 Å². The maximum atomic E-state index is 9.59.